The van der Waals surface area contributed by atoms with Gasteiger partial charge in [-0.25, -0.2) is 0 Å². The average molecular weight is 533 g/mol. The van der Waals surface area contributed by atoms with Crippen LogP contribution in [0.4, 0.5) is 37.9 Å². The van der Waals surface area contributed by atoms with Gasteiger partial charge in [0.25, 0.3) is 5.13 Å². The Labute approximate surface area is 225 Å². The predicted molar refractivity (Wildman–Crippen MR) is 157 cm³/mol. The Bertz CT molecular complexity index is 1370. The molecule has 2 aromatic carbocycles. The molecular formula is C27H32N8S2. The smallest absolute Gasteiger partial charge is 0.251 e. The number of hydrogen-bond acceptors (Lipinski definition) is 10. The summed E-state index contributed by atoms with van der Waals surface area (Å²) in [6.45, 7) is 8.59. The molecule has 0 spiro atoms. The highest BCUT2D eigenvalue weighted by Gasteiger charge is 2.14. The van der Waals surface area contributed by atoms with Gasteiger partial charge in [0.2, 0.25) is 0 Å². The van der Waals surface area contributed by atoms with Crippen LogP contribution < -0.4 is 21.1 Å². The van der Waals surface area contributed by atoms with Crippen molar-refractivity contribution < 1.29 is 0 Å². The number of hydrogen-bond donors (Lipinski definition) is 3. The molecule has 0 radical (unpaired) electrons. The molecular weight excluding hydrogens is 500 g/mol. The summed E-state index contributed by atoms with van der Waals surface area (Å²) in [6, 6.07) is 16.7. The van der Waals surface area contributed by atoms with Crippen LogP contribution in [0.25, 0.3) is 0 Å². The zero-order chi connectivity index (χ0) is 25.6. The fourth-order valence-electron chi connectivity index (χ4n) is 4.21. The number of aromatic nitrogens is 2. The number of hydrazine groups is 1. The maximum Gasteiger partial charge on any atom is 0.251 e. The van der Waals surface area contributed by atoms with Crippen molar-refractivity contribution in [2.24, 2.45) is 10.2 Å². The minimum atomic E-state index is 0.589. The normalized spacial score (nSPS) is 13.4. The second kappa shape index (κ2) is 11.7. The molecule has 192 valence electrons. The maximum atomic E-state index is 4.37. The number of nitrogens with zero attached hydrogens (tertiary/aromatic N) is 5. The first-order valence-electron chi connectivity index (χ1n) is 12.7. The summed E-state index contributed by atoms with van der Waals surface area (Å²) in [5.74, 6) is 0. The first-order valence-corrected chi connectivity index (χ1v) is 14.3. The van der Waals surface area contributed by atoms with Crippen LogP contribution in [0.15, 0.2) is 58.8 Å². The minimum absolute atomic E-state index is 0.589. The van der Waals surface area contributed by atoms with E-state index in [9.17, 15) is 0 Å². The number of anilines is 5. The molecule has 0 bridgehead atoms. The lowest BCUT2D eigenvalue weighted by atomic mass is 10.2. The molecule has 5 rings (SSSR count). The van der Waals surface area contributed by atoms with Crippen LogP contribution >= 0.6 is 22.7 Å². The SMILES string of the molecule is CCCc1nnc(N=Nc2ccc(NNc3ccc(Nc4ccc(N5CCCC5)s4)cc3C)cc2C)s1. The molecule has 0 unspecified atom stereocenters. The maximum absolute atomic E-state index is 4.37. The van der Waals surface area contributed by atoms with Crippen LogP contribution in [0.2, 0.25) is 0 Å². The van der Waals surface area contributed by atoms with Crippen molar-refractivity contribution in [3.63, 3.8) is 0 Å². The van der Waals surface area contributed by atoms with Crippen molar-refractivity contribution in [2.75, 3.05) is 34.2 Å². The van der Waals surface area contributed by atoms with Gasteiger partial charge < -0.3 is 21.1 Å². The lowest BCUT2D eigenvalue weighted by Crippen LogP contribution is -2.15. The Morgan fingerprint density at radius 2 is 1.68 bits per heavy atom. The molecule has 0 aliphatic carbocycles. The number of thiophene rings is 1. The molecule has 2 aromatic heterocycles. The molecule has 3 N–H and O–H groups in total. The van der Waals surface area contributed by atoms with E-state index in [0.29, 0.717) is 5.13 Å². The Morgan fingerprint density at radius 3 is 2.46 bits per heavy atom. The van der Waals surface area contributed by atoms with E-state index < -0.39 is 0 Å². The van der Waals surface area contributed by atoms with E-state index in [1.165, 1.54) is 47.3 Å². The fourth-order valence-corrected chi connectivity index (χ4v) is 5.95. The first kappa shape index (κ1) is 25.2. The van der Waals surface area contributed by atoms with E-state index in [2.05, 4.69) is 85.7 Å². The van der Waals surface area contributed by atoms with Gasteiger partial charge in [0.15, 0.2) is 0 Å². The second-order valence-corrected chi connectivity index (χ2v) is 11.3. The average Bonchev–Trinajstić information content (AvgIpc) is 3.66. The Balaban J connectivity index is 1.17. The predicted octanol–water partition coefficient (Wildman–Crippen LogP) is 8.37. The van der Waals surface area contributed by atoms with Crippen LogP contribution in [-0.4, -0.2) is 23.3 Å². The molecule has 1 aliphatic heterocycles. The highest BCUT2D eigenvalue weighted by atomic mass is 32.1. The van der Waals surface area contributed by atoms with Crippen molar-refractivity contribution in [3.8, 4) is 0 Å². The number of aryl methyl sites for hydroxylation is 3. The van der Waals surface area contributed by atoms with Gasteiger partial charge in [-0.3, -0.25) is 0 Å². The molecule has 1 saturated heterocycles. The fraction of sp³-hybridized carbons (Fsp3) is 0.333. The summed E-state index contributed by atoms with van der Waals surface area (Å²) in [5.41, 5.74) is 12.7. The Kier molecular flexibility index (Phi) is 7.96. The summed E-state index contributed by atoms with van der Waals surface area (Å²) in [7, 11) is 0. The largest absolute Gasteiger partial charge is 0.363 e. The summed E-state index contributed by atoms with van der Waals surface area (Å²) in [5, 5.41) is 24.5. The van der Waals surface area contributed by atoms with E-state index >= 15 is 0 Å². The standard InChI is InChI=1S/C27H32N8S2/c1-4-7-25-32-34-27(37-25)33-31-23-11-9-21(17-19(23)3)29-30-22-10-8-20(16-18(22)2)28-24-12-13-26(36-24)35-14-5-6-15-35/h8-13,16-17,28-30H,4-7,14-15H2,1-3H3. The Morgan fingerprint density at radius 1 is 0.865 bits per heavy atom. The molecule has 3 heterocycles. The van der Waals surface area contributed by atoms with Gasteiger partial charge in [-0.2, -0.15) is 0 Å². The van der Waals surface area contributed by atoms with Gasteiger partial charge in [0, 0.05) is 25.2 Å². The molecule has 1 aliphatic rings. The van der Waals surface area contributed by atoms with Crippen molar-refractivity contribution in [3.05, 3.63) is 64.7 Å². The monoisotopic (exact) mass is 532 g/mol. The third-order valence-corrected chi connectivity index (χ3v) is 8.13. The number of rotatable bonds is 10. The lowest BCUT2D eigenvalue weighted by molar-refractivity contribution is 0.877. The summed E-state index contributed by atoms with van der Waals surface area (Å²) in [4.78, 5) is 2.47. The summed E-state index contributed by atoms with van der Waals surface area (Å²) in [6.07, 6.45) is 4.56. The van der Waals surface area contributed by atoms with Crippen LogP contribution in [-0.2, 0) is 6.42 Å². The quantitative estimate of drug-likeness (QED) is 0.140. The highest BCUT2D eigenvalue weighted by Crippen LogP contribution is 2.34. The van der Waals surface area contributed by atoms with Crippen LogP contribution in [0.3, 0.4) is 0 Å². The number of nitrogens with one attached hydrogen (secondary N) is 3. The first-order chi connectivity index (χ1) is 18.1. The van der Waals surface area contributed by atoms with E-state index in [0.717, 1.165) is 51.7 Å². The molecule has 10 heteroatoms. The summed E-state index contributed by atoms with van der Waals surface area (Å²) < 4.78 is 0. The number of azo groups is 1. The van der Waals surface area contributed by atoms with E-state index in [4.69, 9.17) is 0 Å². The Hall–Kier alpha value is -3.50. The number of benzene rings is 2. The van der Waals surface area contributed by atoms with Gasteiger partial charge >= 0.3 is 0 Å². The third kappa shape index (κ3) is 6.44. The van der Waals surface area contributed by atoms with Crippen LogP contribution in [0.5, 0.6) is 0 Å². The third-order valence-electron chi connectivity index (χ3n) is 6.21. The van der Waals surface area contributed by atoms with Crippen molar-refractivity contribution in [1.82, 2.24) is 10.2 Å². The van der Waals surface area contributed by atoms with Gasteiger partial charge in [0.05, 0.1) is 27.1 Å². The lowest BCUT2D eigenvalue weighted by Gasteiger charge is -2.15. The van der Waals surface area contributed by atoms with Gasteiger partial charge in [-0.05, 0) is 92.8 Å². The zero-order valence-electron chi connectivity index (χ0n) is 21.4. The van der Waals surface area contributed by atoms with E-state index in [1.807, 2.05) is 36.5 Å². The van der Waals surface area contributed by atoms with Gasteiger partial charge in [0.1, 0.15) is 5.01 Å². The minimum Gasteiger partial charge on any atom is -0.363 e. The zero-order valence-corrected chi connectivity index (χ0v) is 23.0. The molecule has 0 amide bonds. The molecule has 37 heavy (non-hydrogen) atoms. The second-order valence-electron chi connectivity index (χ2n) is 9.17. The van der Waals surface area contributed by atoms with Crippen LogP contribution in [0, 0.1) is 13.8 Å². The highest BCUT2D eigenvalue weighted by molar-refractivity contribution is 7.20. The van der Waals surface area contributed by atoms with Crippen molar-refractivity contribution in [1.29, 1.82) is 0 Å². The van der Waals surface area contributed by atoms with Gasteiger partial charge in [-0.15, -0.1) is 31.8 Å². The molecule has 1 fully saturated rings. The molecule has 0 atom stereocenters. The summed E-state index contributed by atoms with van der Waals surface area (Å²) >= 11 is 3.31. The van der Waals surface area contributed by atoms with E-state index in [-0.39, 0.29) is 0 Å². The van der Waals surface area contributed by atoms with Gasteiger partial charge in [-0.1, -0.05) is 18.3 Å². The topological polar surface area (TPSA) is 89.8 Å². The molecule has 8 nitrogen and oxygen atoms in total. The molecule has 4 aromatic rings. The van der Waals surface area contributed by atoms with Crippen LogP contribution in [0.1, 0.15) is 42.3 Å². The van der Waals surface area contributed by atoms with E-state index in [1.54, 1.807) is 0 Å². The van der Waals surface area contributed by atoms with Crippen molar-refractivity contribution >= 4 is 60.6 Å². The molecule has 0 saturated carbocycles. The van der Waals surface area contributed by atoms with Crippen molar-refractivity contribution in [2.45, 2.75) is 46.5 Å².